The average molecular weight is 383 g/mol. The summed E-state index contributed by atoms with van der Waals surface area (Å²) >= 11 is 1.43. The number of ether oxygens (including phenoxy) is 1. The molecule has 0 N–H and O–H groups in total. The second-order valence-electron chi connectivity index (χ2n) is 7.21. The Morgan fingerprint density at radius 3 is 2.28 bits per heavy atom. The van der Waals surface area contributed by atoms with Crippen molar-refractivity contribution in [2.75, 3.05) is 12.3 Å². The third-order valence-corrected chi connectivity index (χ3v) is 5.45. The number of rotatable bonds is 2. The van der Waals surface area contributed by atoms with Gasteiger partial charge < -0.3 is 9.64 Å². The van der Waals surface area contributed by atoms with Gasteiger partial charge in [0.1, 0.15) is 6.42 Å². The average Bonchev–Trinajstić information content (AvgIpc) is 2.78. The van der Waals surface area contributed by atoms with E-state index in [0.29, 0.717) is 18.7 Å². The van der Waals surface area contributed by atoms with Crippen molar-refractivity contribution in [2.24, 2.45) is 11.3 Å². The molecular formula is C17H28F3NO3S. The third-order valence-electron chi connectivity index (χ3n) is 4.04. The Morgan fingerprint density at radius 1 is 1.16 bits per heavy atom. The smallest absolute Gasteiger partial charge is 0.397 e. The molecule has 1 amide bonds. The molecule has 3 heterocycles. The summed E-state index contributed by atoms with van der Waals surface area (Å²) in [6.45, 7) is 9.48. The van der Waals surface area contributed by atoms with E-state index in [-0.39, 0.29) is 5.92 Å². The first-order valence-electron chi connectivity index (χ1n) is 8.66. The van der Waals surface area contributed by atoms with Crippen LogP contribution in [-0.4, -0.2) is 46.7 Å². The predicted octanol–water partition coefficient (Wildman–Crippen LogP) is 4.23. The van der Waals surface area contributed by atoms with Crippen LogP contribution >= 0.6 is 11.8 Å². The molecule has 0 aliphatic carbocycles. The minimum atomic E-state index is -4.52. The number of carbonyl (C=O) groups is 2. The summed E-state index contributed by atoms with van der Waals surface area (Å²) in [5, 5.41) is 0. The van der Waals surface area contributed by atoms with Gasteiger partial charge in [0.2, 0.25) is 5.91 Å². The van der Waals surface area contributed by atoms with Gasteiger partial charge in [-0.05, 0) is 39.5 Å². The number of thioether (sulfide) groups is 1. The standard InChI is InChI=1S/C15H22F3NO3S.C2H6/c1-14(2,3)13(21)22-12-10-5-4-9(8-23-12)7-19(10)11(20)6-15(16,17)18;1-2/h9-10,12H,4-8H2,1-3H3;1-2H3. The first kappa shape index (κ1) is 22.1. The largest absolute Gasteiger partial charge is 0.449 e. The van der Waals surface area contributed by atoms with E-state index in [4.69, 9.17) is 4.74 Å². The van der Waals surface area contributed by atoms with Crippen molar-refractivity contribution in [3.63, 3.8) is 0 Å². The van der Waals surface area contributed by atoms with Crippen molar-refractivity contribution in [3.05, 3.63) is 0 Å². The van der Waals surface area contributed by atoms with Crippen molar-refractivity contribution in [3.8, 4) is 0 Å². The molecule has 0 aromatic rings. The zero-order valence-corrected chi connectivity index (χ0v) is 16.3. The molecule has 8 heteroatoms. The highest BCUT2D eigenvalue weighted by Crippen LogP contribution is 2.39. The molecule has 3 atom stereocenters. The predicted molar refractivity (Wildman–Crippen MR) is 92.0 cm³/mol. The number of alkyl halides is 3. The fraction of sp³-hybridized carbons (Fsp3) is 0.882. The molecule has 0 spiro atoms. The summed E-state index contributed by atoms with van der Waals surface area (Å²) in [7, 11) is 0. The van der Waals surface area contributed by atoms with Crippen LogP contribution < -0.4 is 0 Å². The Bertz CT molecular complexity index is 477. The monoisotopic (exact) mass is 383 g/mol. The van der Waals surface area contributed by atoms with Crippen molar-refractivity contribution in [2.45, 2.75) is 71.5 Å². The van der Waals surface area contributed by atoms with Crippen molar-refractivity contribution in [1.29, 1.82) is 0 Å². The number of hydrogen-bond donors (Lipinski definition) is 0. The SMILES string of the molecule is CC.CC(C)(C)C(=O)OC1SCC2CCC1N(C(=O)CC(F)(F)F)C2. The van der Waals surface area contributed by atoms with Gasteiger partial charge in [-0.2, -0.15) is 13.2 Å². The Kier molecular flexibility index (Phi) is 7.65. The van der Waals surface area contributed by atoms with E-state index in [0.717, 1.165) is 6.42 Å². The zero-order chi connectivity index (χ0) is 19.4. The molecule has 25 heavy (non-hydrogen) atoms. The van der Waals surface area contributed by atoms with Crippen LogP contribution in [0, 0.1) is 11.3 Å². The van der Waals surface area contributed by atoms with Crippen LogP contribution in [0.2, 0.25) is 0 Å². The molecule has 0 saturated carbocycles. The molecule has 0 radical (unpaired) electrons. The number of piperidine rings is 1. The van der Waals surface area contributed by atoms with Crippen LogP contribution in [0.1, 0.15) is 53.9 Å². The van der Waals surface area contributed by atoms with Gasteiger partial charge in [-0.25, -0.2) is 0 Å². The third kappa shape index (κ3) is 6.38. The van der Waals surface area contributed by atoms with E-state index in [9.17, 15) is 22.8 Å². The van der Waals surface area contributed by atoms with Crippen molar-refractivity contribution < 1.29 is 27.5 Å². The molecule has 3 aliphatic rings. The Hall–Kier alpha value is -0.920. The molecular weight excluding hydrogens is 355 g/mol. The lowest BCUT2D eigenvalue weighted by Gasteiger charge is -2.39. The minimum absolute atomic E-state index is 0.159. The van der Waals surface area contributed by atoms with Crippen molar-refractivity contribution >= 4 is 23.6 Å². The Morgan fingerprint density at radius 2 is 1.76 bits per heavy atom. The van der Waals surface area contributed by atoms with E-state index >= 15 is 0 Å². The van der Waals surface area contributed by atoms with Gasteiger partial charge in [0.05, 0.1) is 11.5 Å². The van der Waals surface area contributed by atoms with Crippen LogP contribution in [-0.2, 0) is 14.3 Å². The topological polar surface area (TPSA) is 46.6 Å². The quantitative estimate of drug-likeness (QED) is 0.670. The first-order valence-corrected chi connectivity index (χ1v) is 9.71. The maximum atomic E-state index is 12.5. The van der Waals surface area contributed by atoms with Gasteiger partial charge in [-0.15, -0.1) is 11.8 Å². The second-order valence-corrected chi connectivity index (χ2v) is 8.34. The van der Waals surface area contributed by atoms with Crippen molar-refractivity contribution in [1.82, 2.24) is 4.90 Å². The molecule has 3 aliphatic heterocycles. The summed E-state index contributed by atoms with van der Waals surface area (Å²) in [6, 6.07) is -0.472. The number of fused-ring (bicyclic) bond motifs is 4. The lowest BCUT2D eigenvalue weighted by molar-refractivity contribution is -0.170. The molecule has 3 rings (SSSR count). The highest BCUT2D eigenvalue weighted by molar-refractivity contribution is 7.99. The maximum Gasteiger partial charge on any atom is 0.397 e. The van der Waals surface area contributed by atoms with Gasteiger partial charge in [0, 0.05) is 12.3 Å². The lowest BCUT2D eigenvalue weighted by atomic mass is 9.93. The highest BCUT2D eigenvalue weighted by atomic mass is 32.2. The number of nitrogens with zero attached hydrogens (tertiary/aromatic N) is 1. The second kappa shape index (κ2) is 8.64. The lowest BCUT2D eigenvalue weighted by Crippen LogP contribution is -2.51. The van der Waals surface area contributed by atoms with Crippen LogP contribution in [0.15, 0.2) is 0 Å². The van der Waals surface area contributed by atoms with Gasteiger partial charge in [0.15, 0.2) is 5.44 Å². The molecule has 4 nitrogen and oxygen atoms in total. The fourth-order valence-electron chi connectivity index (χ4n) is 2.78. The van der Waals surface area contributed by atoms with E-state index in [1.54, 1.807) is 20.8 Å². The van der Waals surface area contributed by atoms with E-state index < -0.39 is 41.4 Å². The maximum absolute atomic E-state index is 12.5. The number of carbonyl (C=O) groups excluding carboxylic acids is 2. The van der Waals surface area contributed by atoms with E-state index in [1.807, 2.05) is 13.8 Å². The fourth-order valence-corrected chi connectivity index (χ4v) is 4.18. The summed E-state index contributed by atoms with van der Waals surface area (Å²) < 4.78 is 43.1. The molecule has 0 aromatic carbocycles. The molecule has 146 valence electrons. The first-order chi connectivity index (χ1) is 11.5. The summed E-state index contributed by atoms with van der Waals surface area (Å²) in [5.74, 6) is -0.476. The number of halogens is 3. The van der Waals surface area contributed by atoms with E-state index in [2.05, 4.69) is 0 Å². The minimum Gasteiger partial charge on any atom is -0.449 e. The van der Waals surface area contributed by atoms with Gasteiger partial charge >= 0.3 is 12.1 Å². The normalized spacial score (nSPS) is 26.4. The number of hydrogen-bond acceptors (Lipinski definition) is 4. The number of amides is 1. The van der Waals surface area contributed by atoms with Crippen LogP contribution in [0.4, 0.5) is 13.2 Å². The molecule has 3 fully saturated rings. The Labute approximate surface area is 151 Å². The zero-order valence-electron chi connectivity index (χ0n) is 15.5. The van der Waals surface area contributed by atoms with Crippen LogP contribution in [0.25, 0.3) is 0 Å². The summed E-state index contributed by atoms with van der Waals surface area (Å²) in [5.41, 5.74) is -1.28. The van der Waals surface area contributed by atoms with E-state index in [1.165, 1.54) is 16.7 Å². The Balaban J connectivity index is 0.00000151. The van der Waals surface area contributed by atoms with Crippen LogP contribution in [0.5, 0.6) is 0 Å². The molecule has 2 bridgehead atoms. The highest BCUT2D eigenvalue weighted by Gasteiger charge is 2.45. The van der Waals surface area contributed by atoms with Gasteiger partial charge in [0.25, 0.3) is 0 Å². The molecule has 3 saturated heterocycles. The number of esters is 1. The van der Waals surface area contributed by atoms with Crippen LogP contribution in [0.3, 0.4) is 0 Å². The molecule has 0 aromatic heterocycles. The summed E-state index contributed by atoms with van der Waals surface area (Å²) in [6.07, 6.45) is -4.56. The summed E-state index contributed by atoms with van der Waals surface area (Å²) in [4.78, 5) is 25.4. The van der Waals surface area contributed by atoms with Gasteiger partial charge in [-0.3, -0.25) is 9.59 Å². The van der Waals surface area contributed by atoms with Gasteiger partial charge in [-0.1, -0.05) is 13.8 Å². The molecule has 3 unspecified atom stereocenters.